The molecule has 36 heavy (non-hydrogen) atoms. The molecule has 1 atom stereocenters. The molecule has 0 radical (unpaired) electrons. The number of likely N-dealkylation sites (N-methyl/N-ethyl adjacent to an activating group) is 1. The van der Waals surface area contributed by atoms with E-state index in [1.165, 1.54) is 0 Å². The summed E-state index contributed by atoms with van der Waals surface area (Å²) in [5.74, 6) is 0.000507. The normalized spacial score (nSPS) is 18.1. The first-order valence-electron chi connectivity index (χ1n) is 12.5. The van der Waals surface area contributed by atoms with Gasteiger partial charge in [0.1, 0.15) is 0 Å². The highest BCUT2D eigenvalue weighted by Gasteiger charge is 2.31. The molecule has 0 saturated carbocycles. The third kappa shape index (κ3) is 5.23. The number of anilines is 2. The van der Waals surface area contributed by atoms with Crippen molar-refractivity contribution >= 4 is 39.9 Å². The van der Waals surface area contributed by atoms with Crippen molar-refractivity contribution in [3.8, 4) is 0 Å². The number of hydrogen-bond acceptors (Lipinski definition) is 5. The lowest BCUT2D eigenvalue weighted by Gasteiger charge is -2.22. The Kier molecular flexibility index (Phi) is 6.95. The van der Waals surface area contributed by atoms with Gasteiger partial charge in [-0.15, -0.1) is 0 Å². The number of hydrogen-bond donors (Lipinski definition) is 1. The van der Waals surface area contributed by atoms with E-state index in [0.29, 0.717) is 31.6 Å². The van der Waals surface area contributed by atoms with Gasteiger partial charge in [0.2, 0.25) is 11.8 Å². The van der Waals surface area contributed by atoms with Crippen LogP contribution in [-0.2, 0) is 9.59 Å². The van der Waals surface area contributed by atoms with Crippen molar-refractivity contribution in [2.24, 2.45) is 5.92 Å². The maximum Gasteiger partial charge on any atom is 0.251 e. The molecule has 1 unspecified atom stereocenters. The molecule has 3 heterocycles. The number of fused-ring (bicyclic) bond motifs is 1. The van der Waals surface area contributed by atoms with E-state index in [2.05, 4.69) is 15.2 Å². The van der Waals surface area contributed by atoms with Crippen LogP contribution in [0.5, 0.6) is 0 Å². The molecule has 3 amide bonds. The molecule has 8 heteroatoms. The van der Waals surface area contributed by atoms with E-state index in [4.69, 9.17) is 0 Å². The first-order chi connectivity index (χ1) is 17.5. The van der Waals surface area contributed by atoms with Gasteiger partial charge in [0.05, 0.1) is 6.54 Å². The van der Waals surface area contributed by atoms with Crippen LogP contribution in [0.1, 0.15) is 29.6 Å². The minimum atomic E-state index is -0.148. The van der Waals surface area contributed by atoms with Crippen LogP contribution in [0.3, 0.4) is 0 Å². The molecule has 8 nitrogen and oxygen atoms in total. The van der Waals surface area contributed by atoms with Gasteiger partial charge in [-0.05, 0) is 73.8 Å². The molecule has 186 valence electrons. The molecule has 1 aromatic heterocycles. The number of likely N-dealkylation sites (tertiary alicyclic amines) is 1. The topological polar surface area (TPSA) is 85.8 Å². The fourth-order valence-electron chi connectivity index (χ4n) is 4.97. The summed E-state index contributed by atoms with van der Waals surface area (Å²) in [5.41, 5.74) is 2.21. The second kappa shape index (κ2) is 10.5. The van der Waals surface area contributed by atoms with Crippen LogP contribution in [0.4, 0.5) is 11.4 Å². The van der Waals surface area contributed by atoms with Crippen LogP contribution in [0.15, 0.2) is 60.9 Å². The van der Waals surface area contributed by atoms with Crippen molar-refractivity contribution in [1.29, 1.82) is 0 Å². The highest BCUT2D eigenvalue weighted by molar-refractivity contribution is 5.99. The van der Waals surface area contributed by atoms with Gasteiger partial charge in [-0.1, -0.05) is 6.07 Å². The molecule has 0 spiro atoms. The maximum atomic E-state index is 12.7. The fourth-order valence-corrected chi connectivity index (χ4v) is 4.97. The predicted octanol–water partition coefficient (Wildman–Crippen LogP) is 3.08. The number of nitrogens with zero attached hydrogens (tertiary/aromatic N) is 4. The maximum absolute atomic E-state index is 12.7. The molecular weight excluding hydrogens is 454 g/mol. The zero-order valence-corrected chi connectivity index (χ0v) is 20.5. The molecule has 3 aromatic rings. The smallest absolute Gasteiger partial charge is 0.251 e. The second-order valence-corrected chi connectivity index (χ2v) is 9.67. The van der Waals surface area contributed by atoms with Crippen LogP contribution in [-0.4, -0.2) is 67.4 Å². The highest BCUT2D eigenvalue weighted by atomic mass is 16.2. The molecule has 1 N–H and O–H groups in total. The van der Waals surface area contributed by atoms with Crippen molar-refractivity contribution < 1.29 is 14.4 Å². The average Bonchev–Trinajstić information content (AvgIpc) is 3.56. The summed E-state index contributed by atoms with van der Waals surface area (Å²) < 4.78 is 0. The van der Waals surface area contributed by atoms with Crippen LogP contribution in [0.25, 0.3) is 10.8 Å². The average molecular weight is 486 g/mol. The van der Waals surface area contributed by atoms with E-state index in [-0.39, 0.29) is 23.6 Å². The highest BCUT2D eigenvalue weighted by Crippen LogP contribution is 2.27. The van der Waals surface area contributed by atoms with E-state index in [1.54, 1.807) is 35.3 Å². The van der Waals surface area contributed by atoms with Crippen molar-refractivity contribution in [2.75, 3.05) is 49.6 Å². The summed E-state index contributed by atoms with van der Waals surface area (Å²) in [6.45, 7) is 3.38. The first kappa shape index (κ1) is 23.9. The Morgan fingerprint density at radius 1 is 1.06 bits per heavy atom. The molecule has 2 aliphatic heterocycles. The van der Waals surface area contributed by atoms with E-state index >= 15 is 0 Å². The summed E-state index contributed by atoms with van der Waals surface area (Å²) in [7, 11) is 1.79. The van der Waals surface area contributed by atoms with Gasteiger partial charge in [-0.25, -0.2) is 0 Å². The lowest BCUT2D eigenvalue weighted by Crippen LogP contribution is -2.37. The largest absolute Gasteiger partial charge is 0.352 e. The Labute approximate surface area is 210 Å². The Morgan fingerprint density at radius 3 is 2.61 bits per heavy atom. The van der Waals surface area contributed by atoms with Gasteiger partial charge < -0.3 is 15.1 Å². The van der Waals surface area contributed by atoms with Gasteiger partial charge in [0.15, 0.2) is 0 Å². The van der Waals surface area contributed by atoms with Gasteiger partial charge in [0.25, 0.3) is 5.91 Å². The lowest BCUT2D eigenvalue weighted by atomic mass is 10.1. The number of benzene rings is 2. The number of aromatic nitrogens is 1. The minimum Gasteiger partial charge on any atom is -0.352 e. The summed E-state index contributed by atoms with van der Waals surface area (Å²) in [6.07, 6.45) is 6.18. The van der Waals surface area contributed by atoms with E-state index in [1.807, 2.05) is 42.5 Å². The summed E-state index contributed by atoms with van der Waals surface area (Å²) >= 11 is 0. The molecule has 2 aromatic carbocycles. The predicted molar refractivity (Wildman–Crippen MR) is 140 cm³/mol. The van der Waals surface area contributed by atoms with Gasteiger partial charge in [-0.2, -0.15) is 0 Å². The monoisotopic (exact) mass is 485 g/mol. The zero-order valence-electron chi connectivity index (χ0n) is 20.5. The molecule has 5 rings (SSSR count). The Hall–Kier alpha value is -3.78. The van der Waals surface area contributed by atoms with Crippen LogP contribution in [0, 0.1) is 5.92 Å². The van der Waals surface area contributed by atoms with Gasteiger partial charge in [-0.3, -0.25) is 24.3 Å². The quantitative estimate of drug-likeness (QED) is 0.556. The standard InChI is InChI=1S/C28H31N5O3/c1-31(27(35)19-32-12-2-3-13-32)24-6-8-25(9-7-24)33-18-20(14-26(33)34)16-30-28(36)22-4-5-23-17-29-11-10-21(23)15-22/h4-11,15,17,20H,2-3,12-14,16,18-19H2,1H3,(H,30,36). The molecular formula is C28H31N5O3. The minimum absolute atomic E-state index is 0.0375. The molecule has 2 fully saturated rings. The van der Waals surface area contributed by atoms with E-state index < -0.39 is 0 Å². The molecule has 0 bridgehead atoms. The summed E-state index contributed by atoms with van der Waals surface area (Å²) in [5, 5.41) is 4.93. The third-order valence-electron chi connectivity index (χ3n) is 7.14. The van der Waals surface area contributed by atoms with Crippen molar-refractivity contribution in [3.63, 3.8) is 0 Å². The number of nitrogens with one attached hydrogen (secondary N) is 1. The Balaban J connectivity index is 1.15. The Morgan fingerprint density at radius 2 is 1.83 bits per heavy atom. The Bertz CT molecular complexity index is 1270. The van der Waals surface area contributed by atoms with Crippen LogP contribution >= 0.6 is 0 Å². The van der Waals surface area contributed by atoms with Gasteiger partial charge in [0, 0.05) is 67.2 Å². The van der Waals surface area contributed by atoms with E-state index in [0.717, 1.165) is 48.1 Å². The van der Waals surface area contributed by atoms with E-state index in [9.17, 15) is 14.4 Å². The van der Waals surface area contributed by atoms with Crippen molar-refractivity contribution in [2.45, 2.75) is 19.3 Å². The number of carbonyl (C=O) groups excluding carboxylic acids is 3. The molecule has 2 saturated heterocycles. The number of amides is 3. The lowest BCUT2D eigenvalue weighted by molar-refractivity contribution is -0.119. The summed E-state index contributed by atoms with van der Waals surface area (Å²) in [6, 6.07) is 15.0. The number of pyridine rings is 1. The van der Waals surface area contributed by atoms with Gasteiger partial charge >= 0.3 is 0 Å². The van der Waals surface area contributed by atoms with Crippen LogP contribution < -0.4 is 15.1 Å². The molecule has 2 aliphatic rings. The second-order valence-electron chi connectivity index (χ2n) is 9.67. The summed E-state index contributed by atoms with van der Waals surface area (Å²) in [4.78, 5) is 47.7. The fraction of sp³-hybridized carbons (Fsp3) is 0.357. The van der Waals surface area contributed by atoms with Crippen molar-refractivity contribution in [1.82, 2.24) is 15.2 Å². The SMILES string of the molecule is CN(C(=O)CN1CCCC1)c1ccc(N2CC(CNC(=O)c3ccc4cnccc4c3)CC2=O)cc1. The molecule has 0 aliphatic carbocycles. The van der Waals surface area contributed by atoms with Crippen LogP contribution in [0.2, 0.25) is 0 Å². The first-order valence-corrected chi connectivity index (χ1v) is 12.5. The zero-order chi connectivity index (χ0) is 25.1. The third-order valence-corrected chi connectivity index (χ3v) is 7.14. The van der Waals surface area contributed by atoms with Crippen molar-refractivity contribution in [3.05, 3.63) is 66.5 Å². The number of carbonyl (C=O) groups is 3. The number of rotatable bonds is 7.